The number of rotatable bonds is 4. The Hall–Kier alpha value is -1.75. The van der Waals surface area contributed by atoms with Crippen LogP contribution in [0, 0.1) is 5.41 Å². The first-order chi connectivity index (χ1) is 8.30. The minimum atomic E-state index is -0.538. The summed E-state index contributed by atoms with van der Waals surface area (Å²) in [6.07, 6.45) is 0.575. The van der Waals surface area contributed by atoms with Crippen molar-refractivity contribution in [1.29, 1.82) is 0 Å². The van der Waals surface area contributed by atoms with Gasteiger partial charge < -0.3 is 15.1 Å². The van der Waals surface area contributed by atoms with Crippen molar-refractivity contribution < 1.29 is 19.8 Å². The van der Waals surface area contributed by atoms with Gasteiger partial charge in [0, 0.05) is 6.54 Å². The fourth-order valence-electron chi connectivity index (χ4n) is 1.19. The summed E-state index contributed by atoms with van der Waals surface area (Å²) in [6.45, 7) is 5.76. The van der Waals surface area contributed by atoms with Crippen LogP contribution in [0.4, 0.5) is 0 Å². The molecule has 0 spiro atoms. The van der Waals surface area contributed by atoms with E-state index < -0.39 is 5.41 Å². The molecule has 1 aromatic carbocycles. The van der Waals surface area contributed by atoms with E-state index in [4.69, 9.17) is 9.94 Å². The Balaban J connectivity index is 2.34. The van der Waals surface area contributed by atoms with Crippen LogP contribution in [0.1, 0.15) is 26.3 Å². The Kier molecular flexibility index (Phi) is 4.55. The first kappa shape index (κ1) is 14.3. The molecule has 3 N–H and O–H groups in total. The highest BCUT2D eigenvalue weighted by atomic mass is 16.7. The molecule has 0 atom stereocenters. The molecule has 100 valence electrons. The van der Waals surface area contributed by atoms with Gasteiger partial charge in [0.15, 0.2) is 11.5 Å². The second-order valence-electron chi connectivity index (χ2n) is 5.11. The number of hydrogen-bond acceptors (Lipinski definition) is 5. The lowest BCUT2D eigenvalue weighted by molar-refractivity contribution is -0.160. The molecule has 5 heteroatoms. The largest absolute Gasteiger partial charge is 0.504 e. The molecule has 0 radical (unpaired) electrons. The maximum Gasteiger partial charge on any atom is 0.329 e. The third-order valence-corrected chi connectivity index (χ3v) is 2.33. The number of phenolic OH excluding ortho intramolecular Hbond substituents is 2. The van der Waals surface area contributed by atoms with Gasteiger partial charge in [0.2, 0.25) is 0 Å². The molecule has 0 aliphatic heterocycles. The van der Waals surface area contributed by atoms with Gasteiger partial charge in [0.1, 0.15) is 0 Å². The van der Waals surface area contributed by atoms with Crippen molar-refractivity contribution in [3.05, 3.63) is 23.8 Å². The van der Waals surface area contributed by atoms with Gasteiger partial charge in [-0.25, -0.2) is 4.79 Å². The van der Waals surface area contributed by atoms with Crippen LogP contribution < -0.4 is 5.48 Å². The number of hydroxylamine groups is 1. The lowest BCUT2D eigenvalue weighted by Gasteiger charge is -2.16. The van der Waals surface area contributed by atoms with Gasteiger partial charge in [-0.3, -0.25) is 0 Å². The van der Waals surface area contributed by atoms with Crippen LogP contribution in [0.3, 0.4) is 0 Å². The van der Waals surface area contributed by atoms with Crippen LogP contribution in [0.5, 0.6) is 11.5 Å². The van der Waals surface area contributed by atoms with Crippen LogP contribution >= 0.6 is 0 Å². The molecule has 0 aromatic heterocycles. The molecule has 0 unspecified atom stereocenters. The number of carbonyl (C=O) groups excluding carboxylic acids is 1. The highest BCUT2D eigenvalue weighted by Gasteiger charge is 2.23. The van der Waals surface area contributed by atoms with Crippen molar-refractivity contribution in [2.24, 2.45) is 5.41 Å². The van der Waals surface area contributed by atoms with E-state index in [0.29, 0.717) is 13.0 Å². The molecule has 0 fully saturated rings. The Bertz CT molecular complexity index is 423. The van der Waals surface area contributed by atoms with E-state index in [-0.39, 0.29) is 17.5 Å². The highest BCUT2D eigenvalue weighted by Crippen LogP contribution is 2.24. The lowest BCUT2D eigenvalue weighted by Crippen LogP contribution is -2.30. The zero-order valence-electron chi connectivity index (χ0n) is 10.9. The second kappa shape index (κ2) is 5.73. The molecule has 0 saturated heterocycles. The summed E-state index contributed by atoms with van der Waals surface area (Å²) in [5.74, 6) is -0.624. The molecule has 0 saturated carbocycles. The maximum atomic E-state index is 11.4. The quantitative estimate of drug-likeness (QED) is 0.433. The summed E-state index contributed by atoms with van der Waals surface area (Å²) in [4.78, 5) is 16.3. The van der Waals surface area contributed by atoms with Crippen molar-refractivity contribution in [2.75, 3.05) is 6.54 Å². The van der Waals surface area contributed by atoms with Gasteiger partial charge in [0.25, 0.3) is 0 Å². The summed E-state index contributed by atoms with van der Waals surface area (Å²) in [5.41, 5.74) is 2.88. The maximum absolute atomic E-state index is 11.4. The average Bonchev–Trinajstić information content (AvgIpc) is 2.27. The van der Waals surface area contributed by atoms with Gasteiger partial charge in [-0.2, -0.15) is 5.48 Å². The van der Waals surface area contributed by atoms with Crippen LogP contribution in [0.15, 0.2) is 18.2 Å². The van der Waals surface area contributed by atoms with E-state index in [1.54, 1.807) is 26.8 Å². The zero-order chi connectivity index (χ0) is 13.8. The number of phenols is 2. The van der Waals surface area contributed by atoms with Gasteiger partial charge >= 0.3 is 5.97 Å². The molecular weight excluding hydrogens is 234 g/mol. The van der Waals surface area contributed by atoms with Crippen molar-refractivity contribution in [3.8, 4) is 11.5 Å². The summed E-state index contributed by atoms with van der Waals surface area (Å²) >= 11 is 0. The van der Waals surface area contributed by atoms with Crippen LogP contribution in [0.2, 0.25) is 0 Å². The van der Waals surface area contributed by atoms with Crippen LogP contribution in [0.25, 0.3) is 0 Å². The summed E-state index contributed by atoms with van der Waals surface area (Å²) in [5, 5.41) is 18.4. The summed E-state index contributed by atoms with van der Waals surface area (Å²) < 4.78 is 0. The minimum Gasteiger partial charge on any atom is -0.504 e. The van der Waals surface area contributed by atoms with Crippen molar-refractivity contribution >= 4 is 5.97 Å². The third kappa shape index (κ3) is 4.25. The van der Waals surface area contributed by atoms with Gasteiger partial charge in [-0.05, 0) is 44.9 Å². The van der Waals surface area contributed by atoms with E-state index in [9.17, 15) is 9.90 Å². The molecule has 1 rings (SSSR count). The number of hydrogen-bond donors (Lipinski definition) is 3. The van der Waals surface area contributed by atoms with Gasteiger partial charge in [0.05, 0.1) is 5.41 Å². The van der Waals surface area contributed by atoms with Crippen molar-refractivity contribution in [2.45, 2.75) is 27.2 Å². The molecule has 18 heavy (non-hydrogen) atoms. The average molecular weight is 253 g/mol. The van der Waals surface area contributed by atoms with E-state index in [2.05, 4.69) is 5.48 Å². The lowest BCUT2D eigenvalue weighted by atomic mass is 9.98. The molecule has 1 aromatic rings. The molecular formula is C13H19NO4. The first-order valence-corrected chi connectivity index (χ1v) is 5.75. The number of carbonyl (C=O) groups is 1. The highest BCUT2D eigenvalue weighted by molar-refractivity contribution is 5.75. The first-order valence-electron chi connectivity index (χ1n) is 5.75. The van der Waals surface area contributed by atoms with E-state index in [1.165, 1.54) is 12.1 Å². The zero-order valence-corrected chi connectivity index (χ0v) is 10.9. The fourth-order valence-corrected chi connectivity index (χ4v) is 1.19. The Morgan fingerprint density at radius 3 is 2.50 bits per heavy atom. The van der Waals surface area contributed by atoms with Gasteiger partial charge in [-0.15, -0.1) is 0 Å². The number of nitrogens with one attached hydrogen (secondary N) is 1. The number of aromatic hydroxyl groups is 2. The van der Waals surface area contributed by atoms with Crippen LogP contribution in [-0.2, 0) is 16.1 Å². The smallest absolute Gasteiger partial charge is 0.329 e. The predicted octanol–water partition coefficient (Wildman–Crippen LogP) is 1.73. The third-order valence-electron chi connectivity index (χ3n) is 2.33. The van der Waals surface area contributed by atoms with E-state index in [0.717, 1.165) is 5.56 Å². The topological polar surface area (TPSA) is 78.8 Å². The Morgan fingerprint density at radius 2 is 1.94 bits per heavy atom. The fraction of sp³-hybridized carbons (Fsp3) is 0.462. The van der Waals surface area contributed by atoms with E-state index >= 15 is 0 Å². The standard InChI is InChI=1S/C13H19NO4/c1-13(2,3)12(17)18-14-7-6-9-4-5-10(15)11(16)8-9/h4-5,8,14-16H,6-7H2,1-3H3. The molecule has 0 aliphatic rings. The predicted molar refractivity (Wildman–Crippen MR) is 67.0 cm³/mol. The Labute approximate surface area is 106 Å². The monoisotopic (exact) mass is 253 g/mol. The normalized spacial score (nSPS) is 11.3. The van der Waals surface area contributed by atoms with Crippen molar-refractivity contribution in [3.63, 3.8) is 0 Å². The SMILES string of the molecule is CC(C)(C)C(=O)ONCCc1ccc(O)c(O)c1. The molecule has 0 aliphatic carbocycles. The number of benzene rings is 1. The van der Waals surface area contributed by atoms with Gasteiger partial charge in [-0.1, -0.05) is 6.07 Å². The second-order valence-corrected chi connectivity index (χ2v) is 5.11. The molecule has 5 nitrogen and oxygen atoms in total. The van der Waals surface area contributed by atoms with Crippen LogP contribution in [-0.4, -0.2) is 22.7 Å². The van der Waals surface area contributed by atoms with E-state index in [1.807, 2.05) is 0 Å². The Morgan fingerprint density at radius 1 is 1.28 bits per heavy atom. The molecule has 0 bridgehead atoms. The van der Waals surface area contributed by atoms with Crippen molar-refractivity contribution in [1.82, 2.24) is 5.48 Å². The molecule has 0 amide bonds. The summed E-state index contributed by atoms with van der Waals surface area (Å²) in [7, 11) is 0. The summed E-state index contributed by atoms with van der Waals surface area (Å²) in [6, 6.07) is 4.59. The minimum absolute atomic E-state index is 0.147. The molecule has 0 heterocycles.